The Hall–Kier alpha value is -2.14. The third kappa shape index (κ3) is 3.36. The van der Waals surface area contributed by atoms with Crippen molar-refractivity contribution >= 4 is 23.2 Å². The van der Waals surface area contributed by atoms with E-state index >= 15 is 0 Å². The summed E-state index contributed by atoms with van der Waals surface area (Å²) in [4.78, 5) is 16.2. The second kappa shape index (κ2) is 6.40. The number of alkyl halides is 3. The molecule has 0 bridgehead atoms. The Labute approximate surface area is 142 Å². The van der Waals surface area contributed by atoms with Crippen molar-refractivity contribution in [1.82, 2.24) is 0 Å². The van der Waals surface area contributed by atoms with Gasteiger partial charge in [-0.1, -0.05) is 35.9 Å². The van der Waals surface area contributed by atoms with Crippen LogP contribution in [0, 0.1) is 0 Å². The largest absolute Gasteiger partial charge is 0.417 e. The molecule has 24 heavy (non-hydrogen) atoms. The summed E-state index contributed by atoms with van der Waals surface area (Å²) in [7, 11) is 0. The maximum absolute atomic E-state index is 13.0. The number of amides is 1. The van der Waals surface area contributed by atoms with Crippen LogP contribution in [0.15, 0.2) is 53.5 Å². The first-order valence-corrected chi connectivity index (χ1v) is 7.77. The Morgan fingerprint density at radius 3 is 2.33 bits per heavy atom. The van der Waals surface area contributed by atoms with Gasteiger partial charge in [-0.15, -0.1) is 0 Å². The van der Waals surface area contributed by atoms with E-state index in [2.05, 4.69) is 4.99 Å². The molecule has 1 aliphatic carbocycles. The smallest absolute Gasteiger partial charge is 0.267 e. The van der Waals surface area contributed by atoms with Gasteiger partial charge in [0, 0.05) is 16.7 Å². The molecule has 6 heteroatoms. The maximum atomic E-state index is 13.0. The van der Waals surface area contributed by atoms with Gasteiger partial charge < -0.3 is 0 Å². The van der Waals surface area contributed by atoms with Crippen LogP contribution in [0.3, 0.4) is 0 Å². The van der Waals surface area contributed by atoms with Gasteiger partial charge in [0.15, 0.2) is 0 Å². The lowest BCUT2D eigenvalue weighted by atomic mass is 9.77. The molecule has 3 rings (SSSR count). The summed E-state index contributed by atoms with van der Waals surface area (Å²) in [5.41, 5.74) is 0.196. The molecule has 1 aliphatic rings. The van der Waals surface area contributed by atoms with Gasteiger partial charge in [-0.3, -0.25) is 4.79 Å². The summed E-state index contributed by atoms with van der Waals surface area (Å²) in [5.74, 6) is -0.888. The second-order valence-electron chi connectivity index (χ2n) is 5.59. The molecule has 0 N–H and O–H groups in total. The molecular weight excluding hydrogens is 339 g/mol. The van der Waals surface area contributed by atoms with Crippen LogP contribution in [-0.4, -0.2) is 11.6 Å². The van der Waals surface area contributed by atoms with E-state index in [1.54, 1.807) is 12.1 Å². The van der Waals surface area contributed by atoms with Crippen molar-refractivity contribution in [3.63, 3.8) is 0 Å². The van der Waals surface area contributed by atoms with E-state index in [1.165, 1.54) is 12.1 Å². The summed E-state index contributed by atoms with van der Waals surface area (Å²) in [5, 5.41) is 0.603. The quantitative estimate of drug-likeness (QED) is 0.700. The average molecular weight is 352 g/mol. The molecule has 1 saturated carbocycles. The van der Waals surface area contributed by atoms with Gasteiger partial charge in [-0.05, 0) is 42.7 Å². The molecule has 0 heterocycles. The van der Waals surface area contributed by atoms with Crippen molar-refractivity contribution in [2.45, 2.75) is 24.9 Å². The van der Waals surface area contributed by atoms with Crippen LogP contribution in [0.25, 0.3) is 0 Å². The number of hydrogen-bond acceptors (Lipinski definition) is 1. The molecule has 0 unspecified atom stereocenters. The molecule has 2 nitrogen and oxygen atoms in total. The van der Waals surface area contributed by atoms with Crippen LogP contribution in [0.1, 0.15) is 40.2 Å². The maximum Gasteiger partial charge on any atom is 0.417 e. The van der Waals surface area contributed by atoms with Crippen molar-refractivity contribution < 1.29 is 18.0 Å². The van der Waals surface area contributed by atoms with Crippen LogP contribution in [0.2, 0.25) is 5.02 Å². The number of hydrogen-bond donors (Lipinski definition) is 0. The van der Waals surface area contributed by atoms with Crippen molar-refractivity contribution in [3.05, 3.63) is 70.2 Å². The molecule has 2 aromatic carbocycles. The zero-order valence-corrected chi connectivity index (χ0v) is 13.2. The number of benzene rings is 2. The summed E-state index contributed by atoms with van der Waals surface area (Å²) >= 11 is 5.85. The highest BCUT2D eigenvalue weighted by atomic mass is 35.5. The van der Waals surface area contributed by atoms with Gasteiger partial charge >= 0.3 is 6.18 Å². The fraction of sp³-hybridized carbons (Fsp3) is 0.222. The number of nitrogens with zero attached hydrogens (tertiary/aromatic N) is 1. The van der Waals surface area contributed by atoms with E-state index < -0.39 is 23.2 Å². The van der Waals surface area contributed by atoms with E-state index in [4.69, 9.17) is 11.6 Å². The second-order valence-corrected chi connectivity index (χ2v) is 6.03. The van der Waals surface area contributed by atoms with Crippen LogP contribution >= 0.6 is 11.6 Å². The van der Waals surface area contributed by atoms with Crippen molar-refractivity contribution in [3.8, 4) is 0 Å². The first-order valence-electron chi connectivity index (χ1n) is 7.40. The van der Waals surface area contributed by atoms with E-state index in [0.717, 1.165) is 24.1 Å². The summed E-state index contributed by atoms with van der Waals surface area (Å²) < 4.78 is 39.0. The minimum Gasteiger partial charge on any atom is -0.267 e. The molecule has 0 aromatic heterocycles. The molecular formula is C18H13ClF3NO. The highest BCUT2D eigenvalue weighted by Gasteiger charge is 2.35. The lowest BCUT2D eigenvalue weighted by Crippen LogP contribution is -2.25. The average Bonchev–Trinajstić information content (AvgIpc) is 2.52. The van der Waals surface area contributed by atoms with Crippen molar-refractivity contribution in [1.29, 1.82) is 0 Å². The van der Waals surface area contributed by atoms with Gasteiger partial charge in [0.1, 0.15) is 0 Å². The molecule has 0 spiro atoms. The van der Waals surface area contributed by atoms with E-state index in [0.29, 0.717) is 17.2 Å². The van der Waals surface area contributed by atoms with Crippen molar-refractivity contribution in [2.24, 2.45) is 4.99 Å². The van der Waals surface area contributed by atoms with Crippen LogP contribution < -0.4 is 0 Å². The van der Waals surface area contributed by atoms with Gasteiger partial charge in [0.25, 0.3) is 5.91 Å². The zero-order chi connectivity index (χ0) is 17.3. The Balaban J connectivity index is 1.87. The topological polar surface area (TPSA) is 29.4 Å². The number of carbonyl (C=O) groups is 1. The van der Waals surface area contributed by atoms with E-state index in [-0.39, 0.29) is 5.92 Å². The Morgan fingerprint density at radius 1 is 1.08 bits per heavy atom. The first kappa shape index (κ1) is 16.7. The molecule has 124 valence electrons. The van der Waals surface area contributed by atoms with Crippen LogP contribution in [0.4, 0.5) is 13.2 Å². The predicted molar refractivity (Wildman–Crippen MR) is 86.6 cm³/mol. The highest BCUT2D eigenvalue weighted by molar-refractivity contribution is 6.30. The van der Waals surface area contributed by atoms with Crippen molar-refractivity contribution in [2.75, 3.05) is 0 Å². The van der Waals surface area contributed by atoms with Crippen LogP contribution in [-0.2, 0) is 6.18 Å². The Kier molecular flexibility index (Phi) is 4.45. The van der Waals surface area contributed by atoms with Gasteiger partial charge in [0.2, 0.25) is 0 Å². The molecule has 1 atom stereocenters. The fourth-order valence-corrected chi connectivity index (χ4v) is 2.84. The van der Waals surface area contributed by atoms with Gasteiger partial charge in [0.05, 0.1) is 11.1 Å². The Bertz CT molecular complexity index is 797. The first-order chi connectivity index (χ1) is 11.4. The molecule has 0 radical (unpaired) electrons. The lowest BCUT2D eigenvalue weighted by molar-refractivity contribution is -0.137. The molecule has 1 amide bonds. The molecule has 1 fully saturated rings. The standard InChI is InChI=1S/C18H13ClF3NO/c19-12-7-5-11(6-8-12)13-9-10-16(13)23-17(24)14-3-1-2-4-15(14)18(20,21)22/h1-8,13H,9-10H2/t13-/m1/s1. The highest BCUT2D eigenvalue weighted by Crippen LogP contribution is 2.36. The third-order valence-corrected chi connectivity index (χ3v) is 4.32. The molecule has 0 aliphatic heterocycles. The van der Waals surface area contributed by atoms with Gasteiger partial charge in [-0.2, -0.15) is 13.2 Å². The molecule has 0 saturated heterocycles. The minimum absolute atomic E-state index is 0.0377. The normalized spacial score (nSPS) is 19.2. The number of carbonyl (C=O) groups excluding carboxylic acids is 1. The lowest BCUT2D eigenvalue weighted by Gasteiger charge is -2.28. The summed E-state index contributed by atoms with van der Waals surface area (Å²) in [6.07, 6.45) is -3.16. The fourth-order valence-electron chi connectivity index (χ4n) is 2.71. The molecule has 2 aromatic rings. The van der Waals surface area contributed by atoms with E-state index in [1.807, 2.05) is 12.1 Å². The SMILES string of the molecule is O=C(N=C1CC[C@@H]1c1ccc(Cl)cc1)c1ccccc1C(F)(F)F. The number of rotatable bonds is 2. The third-order valence-electron chi connectivity index (χ3n) is 4.07. The zero-order valence-electron chi connectivity index (χ0n) is 12.5. The minimum atomic E-state index is -4.58. The monoisotopic (exact) mass is 351 g/mol. The van der Waals surface area contributed by atoms with Crippen LogP contribution in [0.5, 0.6) is 0 Å². The van der Waals surface area contributed by atoms with E-state index in [9.17, 15) is 18.0 Å². The Morgan fingerprint density at radius 2 is 1.75 bits per heavy atom. The summed E-state index contributed by atoms with van der Waals surface area (Å²) in [6, 6.07) is 11.9. The number of halogens is 4. The van der Waals surface area contributed by atoms with Gasteiger partial charge in [-0.25, -0.2) is 4.99 Å². The summed E-state index contributed by atoms with van der Waals surface area (Å²) in [6.45, 7) is 0. The number of aliphatic imine (C=N–C) groups is 1. The predicted octanol–water partition coefficient (Wildman–Crippen LogP) is 5.52.